The number of carbonyl (C=O) groups excluding carboxylic acids is 1. The lowest BCUT2D eigenvalue weighted by Gasteiger charge is -2.42. The van der Waals surface area contributed by atoms with E-state index >= 15 is 0 Å². The molecule has 0 aromatic carbocycles. The van der Waals surface area contributed by atoms with Gasteiger partial charge in [-0.3, -0.25) is 4.79 Å². The number of piperidine rings is 1. The van der Waals surface area contributed by atoms with Crippen molar-refractivity contribution >= 4 is 17.2 Å². The van der Waals surface area contributed by atoms with Gasteiger partial charge in [0, 0.05) is 44.3 Å². The number of rotatable bonds is 7. The van der Waals surface area contributed by atoms with Gasteiger partial charge in [0.05, 0.1) is 5.56 Å². The molecule has 0 spiro atoms. The largest absolute Gasteiger partial charge is 0.385 e. The summed E-state index contributed by atoms with van der Waals surface area (Å²) < 4.78 is 5.28. The third-order valence-electron chi connectivity index (χ3n) is 4.97. The van der Waals surface area contributed by atoms with E-state index in [0.29, 0.717) is 6.61 Å². The Morgan fingerprint density at radius 1 is 1.45 bits per heavy atom. The average Bonchev–Trinajstić information content (AvgIpc) is 3.16. The second-order valence-corrected chi connectivity index (χ2v) is 7.51. The molecule has 2 heterocycles. The van der Waals surface area contributed by atoms with E-state index in [1.807, 2.05) is 16.8 Å². The van der Waals surface area contributed by atoms with Crippen LogP contribution in [0.1, 0.15) is 42.5 Å². The fourth-order valence-electron chi connectivity index (χ4n) is 3.27. The van der Waals surface area contributed by atoms with Crippen molar-refractivity contribution < 1.29 is 9.53 Å². The molecule has 1 aromatic rings. The minimum absolute atomic E-state index is 0.0630. The Morgan fingerprint density at radius 3 is 2.82 bits per heavy atom. The average molecular weight is 322 g/mol. The fraction of sp³-hybridized carbons (Fsp3) is 0.706. The number of methoxy groups -OCH3 is 1. The first kappa shape index (κ1) is 16.0. The second kappa shape index (κ2) is 7.11. The number of ether oxygens (including phenoxy) is 1. The van der Waals surface area contributed by atoms with E-state index in [-0.39, 0.29) is 11.4 Å². The Bertz CT molecular complexity index is 477. The molecule has 2 fully saturated rings. The summed E-state index contributed by atoms with van der Waals surface area (Å²) in [7, 11) is 1.73. The van der Waals surface area contributed by atoms with E-state index in [2.05, 4.69) is 10.2 Å². The molecule has 1 aliphatic carbocycles. The lowest BCUT2D eigenvalue weighted by Crippen LogP contribution is -2.56. The molecule has 1 amide bonds. The Hall–Kier alpha value is -0.910. The third kappa shape index (κ3) is 4.09. The van der Waals surface area contributed by atoms with Gasteiger partial charge >= 0.3 is 0 Å². The monoisotopic (exact) mass is 322 g/mol. The predicted octanol–water partition coefficient (Wildman–Crippen LogP) is 2.76. The van der Waals surface area contributed by atoms with Gasteiger partial charge in [-0.1, -0.05) is 0 Å². The molecular weight excluding hydrogens is 296 g/mol. The summed E-state index contributed by atoms with van der Waals surface area (Å²) in [6, 6.07) is 1.90. The molecule has 0 unspecified atom stereocenters. The summed E-state index contributed by atoms with van der Waals surface area (Å²) in [6.45, 7) is 4.12. The molecule has 1 saturated heterocycles. The molecule has 1 saturated carbocycles. The van der Waals surface area contributed by atoms with Gasteiger partial charge in [-0.25, -0.2) is 0 Å². The Morgan fingerprint density at radius 2 is 2.23 bits per heavy atom. The Balaban J connectivity index is 1.59. The quantitative estimate of drug-likeness (QED) is 0.839. The van der Waals surface area contributed by atoms with Crippen LogP contribution < -0.4 is 5.32 Å². The maximum absolute atomic E-state index is 12.5. The van der Waals surface area contributed by atoms with E-state index in [0.717, 1.165) is 43.8 Å². The number of likely N-dealkylation sites (tertiary alicyclic amines) is 1. The lowest BCUT2D eigenvalue weighted by atomic mass is 9.84. The number of carbonyl (C=O) groups is 1. The molecule has 3 rings (SSSR count). The van der Waals surface area contributed by atoms with Crippen LogP contribution in [0.25, 0.3) is 0 Å². The molecule has 2 aliphatic rings. The molecule has 1 aromatic heterocycles. The van der Waals surface area contributed by atoms with Crippen molar-refractivity contribution in [1.29, 1.82) is 0 Å². The van der Waals surface area contributed by atoms with E-state index < -0.39 is 0 Å². The lowest BCUT2D eigenvalue weighted by molar-refractivity contribution is 0.0696. The highest BCUT2D eigenvalue weighted by Crippen LogP contribution is 2.33. The zero-order valence-corrected chi connectivity index (χ0v) is 14.2. The van der Waals surface area contributed by atoms with Crippen LogP contribution in [0, 0.1) is 5.92 Å². The van der Waals surface area contributed by atoms with Crippen molar-refractivity contribution in [1.82, 2.24) is 10.2 Å². The minimum Gasteiger partial charge on any atom is -0.385 e. The number of hydrogen-bond donors (Lipinski definition) is 1. The summed E-state index contributed by atoms with van der Waals surface area (Å²) in [4.78, 5) is 15.0. The molecule has 1 N–H and O–H groups in total. The first-order chi connectivity index (χ1) is 10.7. The highest BCUT2D eigenvalue weighted by atomic mass is 32.1. The van der Waals surface area contributed by atoms with Gasteiger partial charge in [0.1, 0.15) is 0 Å². The van der Waals surface area contributed by atoms with Crippen molar-refractivity contribution in [2.24, 2.45) is 5.92 Å². The summed E-state index contributed by atoms with van der Waals surface area (Å²) in [5.74, 6) is 1.000. The molecule has 22 heavy (non-hydrogen) atoms. The summed E-state index contributed by atoms with van der Waals surface area (Å²) in [5.41, 5.74) is 0.678. The number of hydrogen-bond acceptors (Lipinski definition) is 4. The molecular formula is C17H26N2O2S. The molecule has 1 aliphatic heterocycles. The van der Waals surface area contributed by atoms with Crippen LogP contribution >= 0.6 is 11.3 Å². The Kier molecular flexibility index (Phi) is 5.16. The van der Waals surface area contributed by atoms with Crippen molar-refractivity contribution in [3.05, 3.63) is 22.4 Å². The van der Waals surface area contributed by atoms with Crippen molar-refractivity contribution in [2.45, 2.75) is 37.6 Å². The maximum atomic E-state index is 12.5. The van der Waals surface area contributed by atoms with Gasteiger partial charge < -0.3 is 15.0 Å². The highest BCUT2D eigenvalue weighted by molar-refractivity contribution is 7.08. The van der Waals surface area contributed by atoms with Gasteiger partial charge in [-0.05, 0) is 49.5 Å². The van der Waals surface area contributed by atoms with Gasteiger partial charge in [0.25, 0.3) is 5.91 Å². The normalized spacial score (nSPS) is 21.7. The molecule has 122 valence electrons. The van der Waals surface area contributed by atoms with E-state index in [9.17, 15) is 4.79 Å². The second-order valence-electron chi connectivity index (χ2n) is 6.73. The van der Waals surface area contributed by atoms with E-state index in [4.69, 9.17) is 4.74 Å². The standard InChI is InChI=1S/C17H26N2O2S/c1-21-10-7-17(18-16(20)15-4-11-22-13-15)5-8-19(9-6-17)12-14-2-3-14/h4,11,13-14H,2-3,5-10,12H2,1H3,(H,18,20). The van der Waals surface area contributed by atoms with Crippen LogP contribution in [-0.2, 0) is 4.74 Å². The van der Waals surface area contributed by atoms with Gasteiger partial charge in [-0.15, -0.1) is 0 Å². The van der Waals surface area contributed by atoms with E-state index in [1.165, 1.54) is 19.4 Å². The number of nitrogens with one attached hydrogen (secondary N) is 1. The summed E-state index contributed by atoms with van der Waals surface area (Å²) >= 11 is 1.57. The van der Waals surface area contributed by atoms with Gasteiger partial charge in [0.15, 0.2) is 0 Å². The first-order valence-electron chi connectivity index (χ1n) is 8.27. The molecule has 0 radical (unpaired) electrons. The molecule has 0 bridgehead atoms. The number of amides is 1. The van der Waals surface area contributed by atoms with Gasteiger partial charge in [0.2, 0.25) is 0 Å². The van der Waals surface area contributed by atoms with E-state index in [1.54, 1.807) is 18.4 Å². The first-order valence-corrected chi connectivity index (χ1v) is 9.21. The van der Waals surface area contributed by atoms with Crippen molar-refractivity contribution in [3.63, 3.8) is 0 Å². The zero-order chi connectivity index (χ0) is 15.4. The Labute approximate surface area is 136 Å². The predicted molar refractivity (Wildman–Crippen MR) is 89.4 cm³/mol. The van der Waals surface area contributed by atoms with Crippen LogP contribution in [0.15, 0.2) is 16.8 Å². The smallest absolute Gasteiger partial charge is 0.252 e. The van der Waals surface area contributed by atoms with Crippen LogP contribution in [-0.4, -0.2) is 49.7 Å². The third-order valence-corrected chi connectivity index (χ3v) is 5.66. The topological polar surface area (TPSA) is 41.6 Å². The minimum atomic E-state index is -0.102. The SMILES string of the molecule is COCCC1(NC(=O)c2ccsc2)CCN(CC2CC2)CC1. The fourth-order valence-corrected chi connectivity index (χ4v) is 3.91. The van der Waals surface area contributed by atoms with Crippen LogP contribution in [0.2, 0.25) is 0 Å². The number of nitrogens with zero attached hydrogens (tertiary/aromatic N) is 1. The van der Waals surface area contributed by atoms with Crippen LogP contribution in [0.4, 0.5) is 0 Å². The molecule has 4 nitrogen and oxygen atoms in total. The summed E-state index contributed by atoms with van der Waals surface area (Å²) in [6.07, 6.45) is 5.76. The molecule has 0 atom stereocenters. The van der Waals surface area contributed by atoms with Gasteiger partial charge in [-0.2, -0.15) is 11.3 Å². The van der Waals surface area contributed by atoms with Crippen LogP contribution in [0.3, 0.4) is 0 Å². The van der Waals surface area contributed by atoms with Crippen molar-refractivity contribution in [3.8, 4) is 0 Å². The van der Waals surface area contributed by atoms with Crippen LogP contribution in [0.5, 0.6) is 0 Å². The highest BCUT2D eigenvalue weighted by Gasteiger charge is 2.37. The molecule has 5 heteroatoms. The van der Waals surface area contributed by atoms with Crippen molar-refractivity contribution in [2.75, 3.05) is 33.4 Å². The number of thiophene rings is 1. The maximum Gasteiger partial charge on any atom is 0.252 e. The zero-order valence-electron chi connectivity index (χ0n) is 13.3. The summed E-state index contributed by atoms with van der Waals surface area (Å²) in [5, 5.41) is 7.19.